The first-order chi connectivity index (χ1) is 17.5. The zero-order valence-electron chi connectivity index (χ0n) is 18.6. The highest BCUT2D eigenvalue weighted by Gasteiger charge is 2.34. The molecule has 0 aliphatic carbocycles. The Kier molecular flexibility index (Phi) is 7.76. The molecule has 0 bridgehead atoms. The molecule has 1 aliphatic heterocycles. The van der Waals surface area contributed by atoms with Crippen molar-refractivity contribution in [2.45, 2.75) is 4.90 Å². The third-order valence-corrected chi connectivity index (χ3v) is 8.08. The smallest absolute Gasteiger partial charge is 0.346 e. The minimum absolute atomic E-state index is 0.0205. The number of carbonyl (C=O) groups excluding carboxylic acids is 1. The molecule has 37 heavy (non-hydrogen) atoms. The van der Waals surface area contributed by atoms with E-state index in [1.165, 1.54) is 48.4 Å². The second-order valence-corrected chi connectivity index (χ2v) is 11.3. The highest BCUT2D eigenvalue weighted by molar-refractivity contribution is 8.27. The van der Waals surface area contributed by atoms with Crippen LogP contribution in [0.5, 0.6) is 11.5 Å². The number of nitro groups is 1. The van der Waals surface area contributed by atoms with Gasteiger partial charge in [0.15, 0.2) is 20.7 Å². The van der Waals surface area contributed by atoms with Gasteiger partial charge in [-0.25, -0.2) is 0 Å². The minimum Gasteiger partial charge on any atom is -0.493 e. The summed E-state index contributed by atoms with van der Waals surface area (Å²) in [6.07, 6.45) is 1.55. The molecule has 14 heteroatoms. The summed E-state index contributed by atoms with van der Waals surface area (Å²) in [5.74, 6) is -0.581. The third-order valence-electron chi connectivity index (χ3n) is 4.96. The number of rotatable bonds is 7. The fraction of sp³-hybridized carbons (Fsp3) is 0.0435. The number of hydrogen-bond donors (Lipinski definition) is 0. The number of ether oxygens (including phenoxy) is 1. The first-order valence-electron chi connectivity index (χ1n) is 10.1. The zero-order chi connectivity index (χ0) is 26.9. The van der Waals surface area contributed by atoms with Crippen molar-refractivity contribution < 1.29 is 27.1 Å². The van der Waals surface area contributed by atoms with Crippen molar-refractivity contribution in [1.82, 2.24) is 0 Å². The number of carbonyl (C=O) groups is 1. The molecule has 0 aromatic heterocycles. The van der Waals surface area contributed by atoms with Gasteiger partial charge in [-0.05, 0) is 48.0 Å². The lowest BCUT2D eigenvalue weighted by atomic mass is 10.2. The number of thiocarbonyl (C=S) groups is 1. The second-order valence-electron chi connectivity index (χ2n) is 7.29. The van der Waals surface area contributed by atoms with Crippen molar-refractivity contribution in [3.05, 3.63) is 91.3 Å². The molecule has 1 aliphatic rings. The van der Waals surface area contributed by atoms with Gasteiger partial charge in [-0.2, -0.15) is 8.42 Å². The SMILES string of the molecule is COc1cc(/C=C2/SC(=S)N(c3ccc(Cl)cc3Cl)C2=O)ccc1OS(=O)(=O)c1ccccc1[N+](=O)[O-]. The summed E-state index contributed by atoms with van der Waals surface area (Å²) in [6, 6.07) is 13.8. The third kappa shape index (κ3) is 5.58. The predicted molar refractivity (Wildman–Crippen MR) is 146 cm³/mol. The van der Waals surface area contributed by atoms with Crippen molar-refractivity contribution in [2.24, 2.45) is 0 Å². The predicted octanol–water partition coefficient (Wildman–Crippen LogP) is 6.08. The van der Waals surface area contributed by atoms with Gasteiger partial charge in [0, 0.05) is 11.1 Å². The Morgan fingerprint density at radius 1 is 1.08 bits per heavy atom. The lowest BCUT2D eigenvalue weighted by Gasteiger charge is -2.16. The van der Waals surface area contributed by atoms with Gasteiger partial charge < -0.3 is 8.92 Å². The van der Waals surface area contributed by atoms with Gasteiger partial charge in [-0.1, -0.05) is 65.4 Å². The van der Waals surface area contributed by atoms with Crippen LogP contribution in [0, 0.1) is 10.1 Å². The number of para-hydroxylation sites is 1. The van der Waals surface area contributed by atoms with Crippen LogP contribution in [0.15, 0.2) is 70.5 Å². The van der Waals surface area contributed by atoms with Crippen LogP contribution < -0.4 is 13.8 Å². The van der Waals surface area contributed by atoms with Crippen molar-refractivity contribution in [2.75, 3.05) is 12.0 Å². The standard InChI is InChI=1S/C23H14Cl2N2O7S3/c1-33-19-10-13(6-9-18(19)34-37(31,32)21-5-3-2-4-17(21)27(29)30)11-20-22(28)26(23(35)36-20)16-8-7-14(24)12-15(16)25/h2-12H,1H3/b20-11+. The van der Waals surface area contributed by atoms with Crippen molar-refractivity contribution in [1.29, 1.82) is 0 Å². The van der Waals surface area contributed by atoms with E-state index in [4.69, 9.17) is 44.3 Å². The van der Waals surface area contributed by atoms with Crippen LogP contribution in [0.3, 0.4) is 0 Å². The summed E-state index contributed by atoms with van der Waals surface area (Å²) in [6.45, 7) is 0. The number of hydrogen-bond acceptors (Lipinski definition) is 9. The molecule has 3 aromatic carbocycles. The summed E-state index contributed by atoms with van der Waals surface area (Å²) < 4.78 is 36.2. The van der Waals surface area contributed by atoms with Crippen LogP contribution >= 0.6 is 47.2 Å². The fourth-order valence-corrected chi connectivity index (χ4v) is 6.20. The number of halogens is 2. The second kappa shape index (κ2) is 10.7. The minimum atomic E-state index is -4.56. The van der Waals surface area contributed by atoms with Crippen LogP contribution in [0.1, 0.15) is 5.56 Å². The Morgan fingerprint density at radius 3 is 2.49 bits per heavy atom. The van der Waals surface area contributed by atoms with E-state index in [0.717, 1.165) is 23.9 Å². The van der Waals surface area contributed by atoms with Gasteiger partial charge in [0.25, 0.3) is 11.6 Å². The van der Waals surface area contributed by atoms with E-state index >= 15 is 0 Å². The Balaban J connectivity index is 1.63. The quantitative estimate of drug-likeness (QED) is 0.105. The maximum Gasteiger partial charge on any atom is 0.346 e. The average Bonchev–Trinajstić information content (AvgIpc) is 3.12. The largest absolute Gasteiger partial charge is 0.493 e. The normalized spacial score (nSPS) is 14.8. The molecule has 1 fully saturated rings. The van der Waals surface area contributed by atoms with E-state index < -0.39 is 31.5 Å². The molecular weight excluding hydrogens is 583 g/mol. The van der Waals surface area contributed by atoms with E-state index in [1.807, 2.05) is 0 Å². The molecule has 0 N–H and O–H groups in total. The number of benzene rings is 3. The van der Waals surface area contributed by atoms with E-state index in [0.29, 0.717) is 21.2 Å². The highest BCUT2D eigenvalue weighted by atomic mass is 35.5. The van der Waals surface area contributed by atoms with E-state index in [9.17, 15) is 23.3 Å². The van der Waals surface area contributed by atoms with Gasteiger partial charge in [0.05, 0.1) is 27.6 Å². The maximum absolute atomic E-state index is 13.1. The molecule has 0 radical (unpaired) electrons. The first kappa shape index (κ1) is 26.9. The first-order valence-corrected chi connectivity index (χ1v) is 13.5. The van der Waals surface area contributed by atoms with Crippen LogP contribution in [0.25, 0.3) is 6.08 Å². The lowest BCUT2D eigenvalue weighted by Crippen LogP contribution is -2.27. The molecule has 0 atom stereocenters. The Labute approximate surface area is 230 Å². The van der Waals surface area contributed by atoms with Crippen LogP contribution in [0.4, 0.5) is 11.4 Å². The fourth-order valence-electron chi connectivity index (χ4n) is 3.31. The number of amides is 1. The summed E-state index contributed by atoms with van der Waals surface area (Å²) in [4.78, 5) is 24.5. The van der Waals surface area contributed by atoms with Gasteiger partial charge in [-0.3, -0.25) is 19.8 Å². The molecule has 9 nitrogen and oxygen atoms in total. The zero-order valence-corrected chi connectivity index (χ0v) is 22.5. The molecule has 1 saturated heterocycles. The Bertz CT molecular complexity index is 1590. The van der Waals surface area contributed by atoms with Crippen LogP contribution in [-0.4, -0.2) is 30.7 Å². The number of methoxy groups -OCH3 is 1. The van der Waals surface area contributed by atoms with E-state index in [1.54, 1.807) is 18.2 Å². The molecule has 0 saturated carbocycles. The van der Waals surface area contributed by atoms with Gasteiger partial charge in [-0.15, -0.1) is 0 Å². The topological polar surface area (TPSA) is 116 Å². The molecule has 0 spiro atoms. The summed E-state index contributed by atoms with van der Waals surface area (Å²) >= 11 is 18.6. The Hall–Kier alpha value is -3.16. The molecule has 190 valence electrons. The summed E-state index contributed by atoms with van der Waals surface area (Å²) in [7, 11) is -3.26. The molecule has 3 aromatic rings. The highest BCUT2D eigenvalue weighted by Crippen LogP contribution is 2.40. The van der Waals surface area contributed by atoms with Crippen LogP contribution in [0.2, 0.25) is 10.0 Å². The van der Waals surface area contributed by atoms with E-state index in [-0.39, 0.29) is 20.8 Å². The van der Waals surface area contributed by atoms with Crippen molar-refractivity contribution in [3.63, 3.8) is 0 Å². The number of anilines is 1. The number of nitro benzene ring substituents is 1. The molecule has 1 heterocycles. The van der Waals surface area contributed by atoms with Crippen LogP contribution in [-0.2, 0) is 14.9 Å². The molecule has 4 rings (SSSR count). The van der Waals surface area contributed by atoms with Gasteiger partial charge in [0.1, 0.15) is 0 Å². The monoisotopic (exact) mass is 596 g/mol. The average molecular weight is 597 g/mol. The molecular formula is C23H14Cl2N2O7S3. The molecule has 0 unspecified atom stereocenters. The van der Waals surface area contributed by atoms with E-state index in [2.05, 4.69) is 0 Å². The summed E-state index contributed by atoms with van der Waals surface area (Å²) in [5, 5.41) is 11.9. The number of nitrogens with zero attached hydrogens (tertiary/aromatic N) is 2. The Morgan fingerprint density at radius 2 is 1.81 bits per heavy atom. The lowest BCUT2D eigenvalue weighted by molar-refractivity contribution is -0.387. The number of thioether (sulfide) groups is 1. The summed E-state index contributed by atoms with van der Waals surface area (Å²) in [5.41, 5.74) is 0.245. The maximum atomic E-state index is 13.1. The van der Waals surface area contributed by atoms with Crippen molar-refractivity contribution >= 4 is 85.0 Å². The van der Waals surface area contributed by atoms with Gasteiger partial charge in [0.2, 0.25) is 0 Å². The molecule has 1 amide bonds. The van der Waals surface area contributed by atoms with Gasteiger partial charge >= 0.3 is 10.1 Å². The van der Waals surface area contributed by atoms with Crippen molar-refractivity contribution in [3.8, 4) is 11.5 Å².